The smallest absolute Gasteiger partial charge is 0.193 e. The van der Waals surface area contributed by atoms with E-state index in [1.165, 1.54) is 24.8 Å². The summed E-state index contributed by atoms with van der Waals surface area (Å²) in [6, 6.07) is 10.9. The van der Waals surface area contributed by atoms with Gasteiger partial charge in [-0.05, 0) is 51.8 Å². The van der Waals surface area contributed by atoms with Crippen molar-refractivity contribution in [3.63, 3.8) is 0 Å². The van der Waals surface area contributed by atoms with Crippen LogP contribution in [0.1, 0.15) is 37.8 Å². The summed E-state index contributed by atoms with van der Waals surface area (Å²) in [6.45, 7) is 6.64. The SMILES string of the molecule is CCNC(=NCC(c1ccccc1)N(C)C)N(C)CCC1CCOCC1. The van der Waals surface area contributed by atoms with Gasteiger partial charge < -0.3 is 19.9 Å². The number of aliphatic imine (C=N–C) groups is 1. The third kappa shape index (κ3) is 6.61. The molecule has 0 bridgehead atoms. The van der Waals surface area contributed by atoms with E-state index < -0.39 is 0 Å². The number of hydrogen-bond donors (Lipinski definition) is 1. The third-order valence-electron chi connectivity index (χ3n) is 5.13. The van der Waals surface area contributed by atoms with Gasteiger partial charge in [-0.15, -0.1) is 0 Å². The summed E-state index contributed by atoms with van der Waals surface area (Å²) in [5.41, 5.74) is 1.31. The van der Waals surface area contributed by atoms with Gasteiger partial charge in [-0.2, -0.15) is 0 Å². The molecule has 0 aromatic heterocycles. The van der Waals surface area contributed by atoms with Crippen molar-refractivity contribution in [3.05, 3.63) is 35.9 Å². The van der Waals surface area contributed by atoms with E-state index in [1.54, 1.807) is 0 Å². The van der Waals surface area contributed by atoms with E-state index in [0.717, 1.165) is 44.7 Å². The number of hydrogen-bond acceptors (Lipinski definition) is 3. The Kier molecular flexibility index (Phi) is 8.92. The zero-order chi connectivity index (χ0) is 18.8. The van der Waals surface area contributed by atoms with Crippen LogP contribution in [0.25, 0.3) is 0 Å². The van der Waals surface area contributed by atoms with Crippen molar-refractivity contribution in [2.24, 2.45) is 10.9 Å². The Bertz CT molecular complexity index is 526. The molecule has 1 saturated heterocycles. The molecule has 1 heterocycles. The Morgan fingerprint density at radius 1 is 1.19 bits per heavy atom. The van der Waals surface area contributed by atoms with Gasteiger partial charge in [0.15, 0.2) is 5.96 Å². The first-order chi connectivity index (χ1) is 12.6. The highest BCUT2D eigenvalue weighted by Gasteiger charge is 2.17. The molecule has 2 rings (SSSR count). The first-order valence-corrected chi connectivity index (χ1v) is 9.90. The molecule has 1 aromatic rings. The van der Waals surface area contributed by atoms with Crippen LogP contribution in [0.3, 0.4) is 0 Å². The summed E-state index contributed by atoms with van der Waals surface area (Å²) in [7, 11) is 6.39. The Morgan fingerprint density at radius 2 is 1.88 bits per heavy atom. The fraction of sp³-hybridized carbons (Fsp3) is 0.667. The highest BCUT2D eigenvalue weighted by atomic mass is 16.5. The number of rotatable bonds is 8. The van der Waals surface area contributed by atoms with Gasteiger partial charge >= 0.3 is 0 Å². The molecule has 5 nitrogen and oxygen atoms in total. The van der Waals surface area contributed by atoms with Crippen LogP contribution in [0.2, 0.25) is 0 Å². The van der Waals surface area contributed by atoms with Crippen LogP contribution in [-0.4, -0.2) is 69.8 Å². The maximum absolute atomic E-state index is 5.47. The van der Waals surface area contributed by atoms with Crippen LogP contribution in [0.4, 0.5) is 0 Å². The Morgan fingerprint density at radius 3 is 2.50 bits per heavy atom. The minimum atomic E-state index is 0.286. The van der Waals surface area contributed by atoms with Crippen molar-refractivity contribution >= 4 is 5.96 Å². The average molecular weight is 361 g/mol. The van der Waals surface area contributed by atoms with E-state index in [-0.39, 0.29) is 6.04 Å². The topological polar surface area (TPSA) is 40.1 Å². The van der Waals surface area contributed by atoms with Gasteiger partial charge in [0.1, 0.15) is 0 Å². The minimum Gasteiger partial charge on any atom is -0.381 e. The van der Waals surface area contributed by atoms with Gasteiger partial charge in [0.25, 0.3) is 0 Å². The summed E-state index contributed by atoms with van der Waals surface area (Å²) >= 11 is 0. The molecule has 0 spiro atoms. The van der Waals surface area contributed by atoms with E-state index in [0.29, 0.717) is 0 Å². The van der Waals surface area contributed by atoms with Crippen LogP contribution in [0.5, 0.6) is 0 Å². The van der Waals surface area contributed by atoms with Gasteiger partial charge in [-0.1, -0.05) is 30.3 Å². The summed E-state index contributed by atoms with van der Waals surface area (Å²) in [5, 5.41) is 3.45. The second kappa shape index (κ2) is 11.2. The summed E-state index contributed by atoms with van der Waals surface area (Å²) in [4.78, 5) is 9.46. The highest BCUT2D eigenvalue weighted by molar-refractivity contribution is 5.79. The maximum atomic E-state index is 5.47. The molecular formula is C21H36N4O. The number of ether oxygens (including phenoxy) is 1. The molecule has 1 aliphatic heterocycles. The predicted octanol–water partition coefficient (Wildman–Crippen LogP) is 3.00. The van der Waals surface area contributed by atoms with Gasteiger partial charge in [0, 0.05) is 33.4 Å². The fourth-order valence-electron chi connectivity index (χ4n) is 3.40. The van der Waals surface area contributed by atoms with Gasteiger partial charge in [0.05, 0.1) is 12.6 Å². The van der Waals surface area contributed by atoms with Gasteiger partial charge in [0.2, 0.25) is 0 Å². The fourth-order valence-corrected chi connectivity index (χ4v) is 3.40. The van der Waals surface area contributed by atoms with Gasteiger partial charge in [-0.25, -0.2) is 0 Å². The molecule has 0 amide bonds. The summed E-state index contributed by atoms with van der Waals surface area (Å²) in [5.74, 6) is 1.79. The Labute approximate surface area is 159 Å². The minimum absolute atomic E-state index is 0.286. The lowest BCUT2D eigenvalue weighted by Crippen LogP contribution is -2.40. The molecule has 1 atom stereocenters. The van der Waals surface area contributed by atoms with Crippen molar-refractivity contribution in [1.82, 2.24) is 15.1 Å². The monoisotopic (exact) mass is 360 g/mol. The van der Waals surface area contributed by atoms with Crippen LogP contribution >= 0.6 is 0 Å². The highest BCUT2D eigenvalue weighted by Crippen LogP contribution is 2.19. The maximum Gasteiger partial charge on any atom is 0.193 e. The Hall–Kier alpha value is -1.59. The third-order valence-corrected chi connectivity index (χ3v) is 5.13. The second-order valence-electron chi connectivity index (χ2n) is 7.35. The summed E-state index contributed by atoms with van der Waals surface area (Å²) in [6.07, 6.45) is 3.59. The van der Waals surface area contributed by atoms with Crippen LogP contribution in [-0.2, 0) is 4.74 Å². The molecule has 0 aliphatic carbocycles. The molecular weight excluding hydrogens is 324 g/mol. The zero-order valence-corrected chi connectivity index (χ0v) is 16.9. The van der Waals surface area contributed by atoms with Crippen molar-refractivity contribution < 1.29 is 4.74 Å². The second-order valence-corrected chi connectivity index (χ2v) is 7.35. The van der Waals surface area contributed by atoms with E-state index >= 15 is 0 Å². The first-order valence-electron chi connectivity index (χ1n) is 9.90. The van der Waals surface area contributed by atoms with Crippen molar-refractivity contribution in [3.8, 4) is 0 Å². The van der Waals surface area contributed by atoms with E-state index in [4.69, 9.17) is 9.73 Å². The molecule has 26 heavy (non-hydrogen) atoms. The summed E-state index contributed by atoms with van der Waals surface area (Å²) < 4.78 is 5.47. The number of guanidine groups is 1. The first kappa shape index (κ1) is 20.7. The standard InChI is InChI=1S/C21H36N4O/c1-5-22-21(25(4)14-11-18-12-15-26-16-13-18)23-17-20(24(2)3)19-9-7-6-8-10-19/h6-10,18,20H,5,11-17H2,1-4H3,(H,22,23). The number of benzene rings is 1. The quantitative estimate of drug-likeness (QED) is 0.571. The average Bonchev–Trinajstić information content (AvgIpc) is 2.67. The van der Waals surface area contributed by atoms with Crippen molar-refractivity contribution in [2.75, 3.05) is 54.0 Å². The molecule has 1 aliphatic rings. The number of nitrogens with one attached hydrogen (secondary N) is 1. The van der Waals surface area contributed by atoms with E-state index in [9.17, 15) is 0 Å². The number of likely N-dealkylation sites (N-methyl/N-ethyl adjacent to an activating group) is 1. The molecule has 146 valence electrons. The lowest BCUT2D eigenvalue weighted by atomic mass is 9.96. The normalized spacial score (nSPS) is 17.3. The van der Waals surface area contributed by atoms with E-state index in [1.807, 2.05) is 0 Å². The molecule has 5 heteroatoms. The molecule has 1 N–H and O–H groups in total. The largest absolute Gasteiger partial charge is 0.381 e. The predicted molar refractivity (Wildman–Crippen MR) is 110 cm³/mol. The molecule has 1 aromatic carbocycles. The van der Waals surface area contributed by atoms with Crippen molar-refractivity contribution in [1.29, 1.82) is 0 Å². The van der Waals surface area contributed by atoms with Crippen LogP contribution in [0.15, 0.2) is 35.3 Å². The Balaban J connectivity index is 1.96. The van der Waals surface area contributed by atoms with Crippen LogP contribution in [0, 0.1) is 5.92 Å². The zero-order valence-electron chi connectivity index (χ0n) is 16.9. The van der Waals surface area contributed by atoms with Crippen molar-refractivity contribution in [2.45, 2.75) is 32.2 Å². The van der Waals surface area contributed by atoms with Crippen LogP contribution < -0.4 is 5.32 Å². The molecule has 0 radical (unpaired) electrons. The number of nitrogens with zero attached hydrogens (tertiary/aromatic N) is 3. The molecule has 1 fully saturated rings. The molecule has 0 saturated carbocycles. The van der Waals surface area contributed by atoms with E-state index in [2.05, 4.69) is 73.5 Å². The lowest BCUT2D eigenvalue weighted by molar-refractivity contribution is 0.0625. The molecule has 1 unspecified atom stereocenters. The lowest BCUT2D eigenvalue weighted by Gasteiger charge is -2.28. The van der Waals surface area contributed by atoms with Gasteiger partial charge in [-0.3, -0.25) is 4.99 Å².